The van der Waals surface area contributed by atoms with Gasteiger partial charge in [0.05, 0.1) is 11.4 Å². The van der Waals surface area contributed by atoms with Crippen LogP contribution in [0.15, 0.2) is 192 Å². The van der Waals surface area contributed by atoms with E-state index < -0.39 is 0 Å². The Balaban J connectivity index is 1.23. The van der Waals surface area contributed by atoms with Gasteiger partial charge < -0.3 is 9.32 Å². The Morgan fingerprint density at radius 2 is 0.944 bits per heavy atom. The molecule has 54 heavy (non-hydrogen) atoms. The van der Waals surface area contributed by atoms with E-state index in [4.69, 9.17) is 4.42 Å². The van der Waals surface area contributed by atoms with E-state index in [2.05, 4.69) is 207 Å². The highest BCUT2D eigenvalue weighted by Crippen LogP contribution is 2.58. The van der Waals surface area contributed by atoms with Gasteiger partial charge in [0, 0.05) is 32.9 Å². The first-order valence-corrected chi connectivity index (χ1v) is 18.9. The molecule has 11 rings (SSSR count). The molecule has 0 saturated heterocycles. The van der Waals surface area contributed by atoms with Crippen molar-refractivity contribution in [3.05, 3.63) is 221 Å². The topological polar surface area (TPSA) is 16.4 Å². The number of benzene rings is 8. The maximum absolute atomic E-state index is 6.82. The van der Waals surface area contributed by atoms with Crippen LogP contribution in [-0.4, -0.2) is 0 Å². The van der Waals surface area contributed by atoms with Crippen LogP contribution in [0.3, 0.4) is 0 Å². The van der Waals surface area contributed by atoms with E-state index in [1.54, 1.807) is 0 Å². The van der Waals surface area contributed by atoms with Gasteiger partial charge in [0.2, 0.25) is 0 Å². The van der Waals surface area contributed by atoms with Gasteiger partial charge in [0.15, 0.2) is 5.58 Å². The third-order valence-electron chi connectivity index (χ3n) is 12.4. The lowest BCUT2D eigenvalue weighted by molar-refractivity contribution is 0.669. The summed E-state index contributed by atoms with van der Waals surface area (Å²) in [5.74, 6) is 0. The monoisotopic (exact) mass is 691 g/mol. The van der Waals surface area contributed by atoms with Gasteiger partial charge >= 0.3 is 0 Å². The van der Waals surface area contributed by atoms with Gasteiger partial charge in [-0.25, -0.2) is 0 Å². The van der Waals surface area contributed by atoms with E-state index in [1.165, 1.54) is 55.6 Å². The van der Waals surface area contributed by atoms with E-state index in [0.717, 1.165) is 39.0 Å². The predicted octanol–water partition coefficient (Wildman–Crippen LogP) is 13.7. The van der Waals surface area contributed by atoms with Gasteiger partial charge in [0.1, 0.15) is 5.58 Å². The first kappa shape index (κ1) is 30.9. The van der Waals surface area contributed by atoms with Crippen LogP contribution in [0.1, 0.15) is 47.2 Å². The maximum Gasteiger partial charge on any atom is 0.159 e. The molecule has 2 aliphatic carbocycles. The molecule has 0 fully saturated rings. The first-order chi connectivity index (χ1) is 26.6. The normalized spacial score (nSPS) is 18.0. The van der Waals surface area contributed by atoms with Crippen LogP contribution in [0.4, 0.5) is 17.1 Å². The van der Waals surface area contributed by atoms with Crippen LogP contribution >= 0.6 is 0 Å². The predicted molar refractivity (Wildman–Crippen MR) is 223 cm³/mol. The molecule has 1 heterocycles. The molecule has 0 radical (unpaired) electrons. The van der Waals surface area contributed by atoms with Crippen molar-refractivity contribution in [2.45, 2.75) is 24.7 Å². The number of hydrogen-bond acceptors (Lipinski definition) is 2. The number of rotatable bonds is 5. The van der Waals surface area contributed by atoms with E-state index in [0.29, 0.717) is 0 Å². The molecule has 9 aromatic rings. The lowest BCUT2D eigenvalue weighted by Crippen LogP contribution is -2.23. The summed E-state index contributed by atoms with van der Waals surface area (Å²) in [5, 5.41) is 2.23. The summed E-state index contributed by atoms with van der Waals surface area (Å²) in [6.45, 7) is 4.78. The summed E-state index contributed by atoms with van der Waals surface area (Å²) >= 11 is 0. The smallest absolute Gasteiger partial charge is 0.159 e. The second-order valence-electron chi connectivity index (χ2n) is 15.1. The zero-order valence-electron chi connectivity index (χ0n) is 30.3. The van der Waals surface area contributed by atoms with Gasteiger partial charge in [-0.05, 0) is 94.3 Å². The highest BCUT2D eigenvalue weighted by molar-refractivity contribution is 6.11. The van der Waals surface area contributed by atoms with Crippen molar-refractivity contribution >= 4 is 39.0 Å². The number of para-hydroxylation sites is 2. The molecule has 2 atom stereocenters. The Morgan fingerprint density at radius 1 is 0.407 bits per heavy atom. The average Bonchev–Trinajstić information content (AvgIpc) is 3.84. The summed E-state index contributed by atoms with van der Waals surface area (Å²) in [6.07, 6.45) is 0. The number of hydrogen-bond donors (Lipinski definition) is 0. The summed E-state index contributed by atoms with van der Waals surface area (Å²) in [5.41, 5.74) is 17.3. The fourth-order valence-corrected chi connectivity index (χ4v) is 9.81. The van der Waals surface area contributed by atoms with Crippen LogP contribution < -0.4 is 4.90 Å². The lowest BCUT2D eigenvalue weighted by Gasteiger charge is -2.32. The molecule has 0 aliphatic heterocycles. The van der Waals surface area contributed by atoms with Gasteiger partial charge in [-0.1, -0.05) is 158 Å². The second-order valence-corrected chi connectivity index (χ2v) is 15.1. The quantitative estimate of drug-likeness (QED) is 0.179. The number of nitrogens with zero attached hydrogens (tertiary/aromatic N) is 1. The van der Waals surface area contributed by atoms with Crippen molar-refractivity contribution in [3.8, 4) is 22.3 Å². The van der Waals surface area contributed by atoms with E-state index >= 15 is 0 Å². The van der Waals surface area contributed by atoms with Gasteiger partial charge in [-0.15, -0.1) is 0 Å². The largest absolute Gasteiger partial charge is 0.454 e. The summed E-state index contributed by atoms with van der Waals surface area (Å²) in [7, 11) is 0. The maximum atomic E-state index is 6.82. The minimum absolute atomic E-state index is 0.328. The van der Waals surface area contributed by atoms with Crippen LogP contribution in [0.2, 0.25) is 0 Å². The molecule has 2 nitrogen and oxygen atoms in total. The number of anilines is 3. The number of fused-ring (bicyclic) bond motifs is 9. The standard InChI is InChI=1S/C52H37NO/c1-51(34-17-5-3-6-18-34)43-26-13-10-23-41(43)49-44(51)27-16-28-46(49)53(47-29-15-24-40-39-22-11-14-30-48(39)54-50(40)47)36-31-32-38-37-21-9-12-25-42(37)52(2,45(38)33-36)35-19-7-4-8-20-35/h3-33H,1-2H3. The highest BCUT2D eigenvalue weighted by atomic mass is 16.3. The minimum Gasteiger partial charge on any atom is -0.454 e. The third kappa shape index (κ3) is 4.11. The molecule has 0 amide bonds. The molecular weight excluding hydrogens is 655 g/mol. The SMILES string of the molecule is CC1(c2ccccc2)c2ccccc2-c2ccc(N(c3cccc4c3-c3ccccc3C4(C)c3ccccc3)c3cccc4c3oc3ccccc34)cc21. The highest BCUT2D eigenvalue weighted by Gasteiger charge is 2.44. The Morgan fingerprint density at radius 3 is 1.70 bits per heavy atom. The van der Waals surface area contributed by atoms with Crippen molar-refractivity contribution in [1.82, 2.24) is 0 Å². The Kier molecular flexibility index (Phi) is 6.55. The van der Waals surface area contributed by atoms with Crippen LogP contribution in [-0.2, 0) is 10.8 Å². The molecule has 0 N–H and O–H groups in total. The molecular formula is C52H37NO. The average molecular weight is 692 g/mol. The lowest BCUT2D eigenvalue weighted by atomic mass is 9.74. The fourth-order valence-electron chi connectivity index (χ4n) is 9.81. The van der Waals surface area contributed by atoms with Gasteiger partial charge in [-0.3, -0.25) is 0 Å². The van der Waals surface area contributed by atoms with E-state index in [9.17, 15) is 0 Å². The van der Waals surface area contributed by atoms with Gasteiger partial charge in [0.25, 0.3) is 0 Å². The van der Waals surface area contributed by atoms with Crippen LogP contribution in [0.25, 0.3) is 44.2 Å². The molecule has 0 bridgehead atoms. The fraction of sp³-hybridized carbons (Fsp3) is 0.0769. The molecule has 0 saturated carbocycles. The van der Waals surface area contributed by atoms with Crippen molar-refractivity contribution in [3.63, 3.8) is 0 Å². The molecule has 2 unspecified atom stereocenters. The Labute approximate surface area is 315 Å². The summed E-state index contributed by atoms with van der Waals surface area (Å²) in [6, 6.07) is 68.8. The molecule has 2 heteroatoms. The van der Waals surface area contributed by atoms with Crippen molar-refractivity contribution in [2.24, 2.45) is 0 Å². The molecule has 8 aromatic carbocycles. The van der Waals surface area contributed by atoms with Crippen molar-refractivity contribution in [1.29, 1.82) is 0 Å². The third-order valence-corrected chi connectivity index (χ3v) is 12.4. The van der Waals surface area contributed by atoms with E-state index in [-0.39, 0.29) is 10.8 Å². The van der Waals surface area contributed by atoms with Crippen LogP contribution in [0.5, 0.6) is 0 Å². The van der Waals surface area contributed by atoms with E-state index in [1.807, 2.05) is 0 Å². The zero-order valence-corrected chi connectivity index (χ0v) is 30.3. The summed E-state index contributed by atoms with van der Waals surface area (Å²) < 4.78 is 6.82. The van der Waals surface area contributed by atoms with Gasteiger partial charge in [-0.2, -0.15) is 0 Å². The second kappa shape index (κ2) is 11.4. The molecule has 0 spiro atoms. The summed E-state index contributed by atoms with van der Waals surface area (Å²) in [4.78, 5) is 2.46. The minimum atomic E-state index is -0.336. The van der Waals surface area contributed by atoms with Crippen molar-refractivity contribution < 1.29 is 4.42 Å². The molecule has 2 aliphatic rings. The van der Waals surface area contributed by atoms with Crippen LogP contribution in [0, 0.1) is 0 Å². The molecule has 1 aromatic heterocycles. The zero-order chi connectivity index (χ0) is 36.0. The Bertz CT molecular complexity index is 2920. The van der Waals surface area contributed by atoms with Crippen molar-refractivity contribution in [2.75, 3.05) is 4.90 Å². The number of furan rings is 1. The first-order valence-electron chi connectivity index (χ1n) is 18.9. The molecule has 256 valence electrons. The Hall–Kier alpha value is -6.64.